The van der Waals surface area contributed by atoms with Gasteiger partial charge in [-0.3, -0.25) is 0 Å². The maximum absolute atomic E-state index is 10.5. The molecule has 0 amide bonds. The lowest BCUT2D eigenvalue weighted by molar-refractivity contribution is 0.449. The van der Waals surface area contributed by atoms with Crippen LogP contribution in [0, 0.1) is 0 Å². The average molecular weight is 186 g/mol. The normalized spacial score (nSPS) is 25.8. The second-order valence-electron chi connectivity index (χ2n) is 5.38. The Morgan fingerprint density at radius 2 is 1.58 bits per heavy atom. The summed E-state index contributed by atoms with van der Waals surface area (Å²) in [5.74, 6) is 0. The minimum atomic E-state index is -1.97. The molecule has 0 aromatic heterocycles. The summed E-state index contributed by atoms with van der Waals surface area (Å²) in [6.07, 6.45) is 5.22. The Bertz CT molecular complexity index is 152. The van der Waals surface area contributed by atoms with Crippen LogP contribution in [-0.2, 0) is 0 Å². The van der Waals surface area contributed by atoms with Gasteiger partial charge in [-0.2, -0.15) is 0 Å². The lowest BCUT2D eigenvalue weighted by atomic mass is 10.2. The highest BCUT2D eigenvalue weighted by molar-refractivity contribution is 6.75. The average Bonchev–Trinajstić information content (AvgIpc) is 2.34. The molecule has 1 aliphatic rings. The van der Waals surface area contributed by atoms with Crippen LogP contribution in [-0.4, -0.2) is 13.1 Å². The summed E-state index contributed by atoms with van der Waals surface area (Å²) < 4.78 is 0. The summed E-state index contributed by atoms with van der Waals surface area (Å²) in [5, 5.41) is 0.155. The topological polar surface area (TPSA) is 20.2 Å². The van der Waals surface area contributed by atoms with Crippen molar-refractivity contribution in [3.8, 4) is 0 Å². The van der Waals surface area contributed by atoms with Crippen molar-refractivity contribution in [3.63, 3.8) is 0 Å². The van der Waals surface area contributed by atoms with Gasteiger partial charge in [0, 0.05) is 0 Å². The highest BCUT2D eigenvalue weighted by atomic mass is 28.4. The summed E-state index contributed by atoms with van der Waals surface area (Å²) in [5.41, 5.74) is 0.664. The molecule has 1 atom stereocenters. The Morgan fingerprint density at radius 3 is 1.92 bits per heavy atom. The first-order valence-corrected chi connectivity index (χ1v) is 7.60. The van der Waals surface area contributed by atoms with E-state index in [0.717, 1.165) is 0 Å². The molecular formula is C10H22OSi. The zero-order valence-electron chi connectivity index (χ0n) is 8.85. The van der Waals surface area contributed by atoms with Crippen LogP contribution in [0.2, 0.25) is 17.1 Å². The minimum absolute atomic E-state index is 0.155. The van der Waals surface area contributed by atoms with Gasteiger partial charge in [0.25, 0.3) is 0 Å². The molecule has 0 aromatic carbocycles. The van der Waals surface area contributed by atoms with Crippen LogP contribution in [0.3, 0.4) is 0 Å². The number of rotatable bonds is 1. The van der Waals surface area contributed by atoms with Gasteiger partial charge in [0.2, 0.25) is 0 Å². The first-order valence-electron chi connectivity index (χ1n) is 5.08. The molecule has 12 heavy (non-hydrogen) atoms. The van der Waals surface area contributed by atoms with Crippen LogP contribution < -0.4 is 0 Å². The van der Waals surface area contributed by atoms with Gasteiger partial charge in [0.15, 0.2) is 8.32 Å². The summed E-state index contributed by atoms with van der Waals surface area (Å²) in [6.45, 7) is 8.72. The van der Waals surface area contributed by atoms with Crippen molar-refractivity contribution in [2.45, 2.75) is 63.6 Å². The van der Waals surface area contributed by atoms with Gasteiger partial charge in [-0.05, 0) is 17.1 Å². The van der Waals surface area contributed by atoms with E-state index in [0.29, 0.717) is 5.54 Å². The van der Waals surface area contributed by atoms with E-state index < -0.39 is 8.32 Å². The molecule has 1 saturated carbocycles. The fourth-order valence-electron chi connectivity index (χ4n) is 2.10. The highest BCUT2D eigenvalue weighted by Crippen LogP contribution is 2.48. The Hall–Kier alpha value is 0.177. The first-order chi connectivity index (χ1) is 5.36. The van der Waals surface area contributed by atoms with Crippen molar-refractivity contribution >= 4 is 8.32 Å². The SMILES string of the molecule is CC(C)(C)[Si](C)(O)C1CCCC1. The third-order valence-corrected chi connectivity index (χ3v) is 8.87. The molecule has 0 heterocycles. The van der Waals surface area contributed by atoms with Crippen molar-refractivity contribution in [2.24, 2.45) is 0 Å². The van der Waals surface area contributed by atoms with Crippen molar-refractivity contribution in [1.82, 2.24) is 0 Å². The van der Waals surface area contributed by atoms with Gasteiger partial charge in [0.1, 0.15) is 0 Å². The lowest BCUT2D eigenvalue weighted by Gasteiger charge is -2.39. The van der Waals surface area contributed by atoms with Crippen molar-refractivity contribution in [3.05, 3.63) is 0 Å². The van der Waals surface area contributed by atoms with Crippen molar-refractivity contribution < 1.29 is 4.80 Å². The Balaban J connectivity index is 2.69. The minimum Gasteiger partial charge on any atom is -0.431 e. The zero-order chi connectivity index (χ0) is 9.41. The molecule has 1 N–H and O–H groups in total. The Morgan fingerprint density at radius 1 is 1.17 bits per heavy atom. The maximum Gasteiger partial charge on any atom is 0.193 e. The molecule has 1 aliphatic carbocycles. The van der Waals surface area contributed by atoms with E-state index >= 15 is 0 Å². The third-order valence-electron chi connectivity index (χ3n) is 3.67. The van der Waals surface area contributed by atoms with Crippen molar-refractivity contribution in [2.75, 3.05) is 0 Å². The van der Waals surface area contributed by atoms with E-state index in [9.17, 15) is 4.80 Å². The predicted molar refractivity (Wildman–Crippen MR) is 55.8 cm³/mol. The molecule has 0 saturated heterocycles. The third kappa shape index (κ3) is 1.74. The van der Waals surface area contributed by atoms with Crippen LogP contribution in [0.15, 0.2) is 0 Å². The molecule has 0 aromatic rings. The quantitative estimate of drug-likeness (QED) is 0.623. The van der Waals surface area contributed by atoms with Gasteiger partial charge < -0.3 is 4.80 Å². The van der Waals surface area contributed by atoms with Gasteiger partial charge in [-0.25, -0.2) is 0 Å². The van der Waals surface area contributed by atoms with Crippen LogP contribution in [0.5, 0.6) is 0 Å². The standard InChI is InChI=1S/C10H22OSi/c1-10(2,3)12(4,11)9-7-5-6-8-9/h9,11H,5-8H2,1-4H3. The van der Waals surface area contributed by atoms with E-state index in [1.807, 2.05) is 0 Å². The van der Waals surface area contributed by atoms with E-state index in [-0.39, 0.29) is 5.04 Å². The van der Waals surface area contributed by atoms with Crippen LogP contribution in [0.25, 0.3) is 0 Å². The van der Waals surface area contributed by atoms with Gasteiger partial charge >= 0.3 is 0 Å². The molecular weight excluding hydrogens is 164 g/mol. The van der Waals surface area contributed by atoms with E-state index in [4.69, 9.17) is 0 Å². The van der Waals surface area contributed by atoms with Crippen molar-refractivity contribution in [1.29, 1.82) is 0 Å². The Kier molecular flexibility index (Phi) is 2.69. The van der Waals surface area contributed by atoms with E-state index in [1.54, 1.807) is 0 Å². The maximum atomic E-state index is 10.5. The molecule has 0 radical (unpaired) electrons. The molecule has 1 fully saturated rings. The molecule has 2 heteroatoms. The smallest absolute Gasteiger partial charge is 0.193 e. The van der Waals surface area contributed by atoms with E-state index in [2.05, 4.69) is 27.3 Å². The molecule has 0 aliphatic heterocycles. The Labute approximate surface area is 77.3 Å². The second-order valence-corrected chi connectivity index (χ2v) is 9.99. The van der Waals surface area contributed by atoms with Gasteiger partial charge in [0.05, 0.1) is 0 Å². The molecule has 0 bridgehead atoms. The first kappa shape index (κ1) is 10.3. The zero-order valence-corrected chi connectivity index (χ0v) is 9.85. The summed E-state index contributed by atoms with van der Waals surface area (Å²) in [4.78, 5) is 10.5. The second kappa shape index (κ2) is 3.15. The predicted octanol–water partition coefficient (Wildman–Crippen LogP) is 3.30. The molecule has 0 spiro atoms. The van der Waals surface area contributed by atoms with Gasteiger partial charge in [-0.1, -0.05) is 46.5 Å². The van der Waals surface area contributed by atoms with Crippen LogP contribution in [0.4, 0.5) is 0 Å². The van der Waals surface area contributed by atoms with Crippen LogP contribution in [0.1, 0.15) is 46.5 Å². The fraction of sp³-hybridized carbons (Fsp3) is 1.00. The van der Waals surface area contributed by atoms with Gasteiger partial charge in [-0.15, -0.1) is 0 Å². The fourth-order valence-corrected chi connectivity index (χ4v) is 4.86. The summed E-state index contributed by atoms with van der Waals surface area (Å²) in [7, 11) is -1.97. The summed E-state index contributed by atoms with van der Waals surface area (Å²) >= 11 is 0. The van der Waals surface area contributed by atoms with Crippen LogP contribution >= 0.6 is 0 Å². The molecule has 1 nitrogen and oxygen atoms in total. The highest BCUT2D eigenvalue weighted by Gasteiger charge is 2.46. The number of hydrogen-bond donors (Lipinski definition) is 1. The molecule has 1 unspecified atom stereocenters. The monoisotopic (exact) mass is 186 g/mol. The number of hydrogen-bond acceptors (Lipinski definition) is 1. The lowest BCUT2D eigenvalue weighted by Crippen LogP contribution is -2.44. The molecule has 1 rings (SSSR count). The summed E-state index contributed by atoms with van der Waals surface area (Å²) in [6, 6.07) is 0. The largest absolute Gasteiger partial charge is 0.431 e. The molecule has 72 valence electrons. The van der Waals surface area contributed by atoms with E-state index in [1.165, 1.54) is 25.7 Å².